The maximum atomic E-state index is 12.5. The van der Waals surface area contributed by atoms with E-state index in [1.807, 2.05) is 29.2 Å². The molecule has 1 fully saturated rings. The largest absolute Gasteiger partial charge is 0.449 e. The third-order valence-corrected chi connectivity index (χ3v) is 4.36. The van der Waals surface area contributed by atoms with Gasteiger partial charge in [-0.1, -0.05) is 31.0 Å². The maximum absolute atomic E-state index is 12.5. The highest BCUT2D eigenvalue weighted by Gasteiger charge is 2.25. The number of nitrogens with zero attached hydrogens (tertiary/aromatic N) is 1. The predicted octanol–water partition coefficient (Wildman–Crippen LogP) is 3.12. The molecular formula is C18H22N2O3. The van der Waals surface area contributed by atoms with Crippen LogP contribution < -0.4 is 0 Å². The zero-order valence-corrected chi connectivity index (χ0v) is 13.4. The highest BCUT2D eigenvalue weighted by atomic mass is 16.5. The molecule has 0 bridgehead atoms. The Labute approximate surface area is 135 Å². The number of ether oxygens (including phenoxy) is 1. The Hall–Kier alpha value is -2.30. The van der Waals surface area contributed by atoms with Crippen LogP contribution in [0.4, 0.5) is 0 Å². The average molecular weight is 314 g/mol. The van der Waals surface area contributed by atoms with Crippen molar-refractivity contribution in [3.63, 3.8) is 0 Å². The van der Waals surface area contributed by atoms with Gasteiger partial charge < -0.3 is 14.6 Å². The quantitative estimate of drug-likeness (QED) is 0.885. The maximum Gasteiger partial charge on any atom is 0.341 e. The molecule has 0 aliphatic carbocycles. The molecule has 1 N–H and O–H groups in total. The molecule has 1 aliphatic rings. The number of esters is 1. The molecule has 23 heavy (non-hydrogen) atoms. The van der Waals surface area contributed by atoms with Gasteiger partial charge in [-0.3, -0.25) is 4.79 Å². The number of aromatic nitrogens is 1. The van der Waals surface area contributed by atoms with E-state index >= 15 is 0 Å². The molecule has 3 rings (SSSR count). The molecule has 5 heteroatoms. The fraction of sp³-hybridized carbons (Fsp3) is 0.444. The summed E-state index contributed by atoms with van der Waals surface area (Å²) in [5, 5.41) is 0.812. The van der Waals surface area contributed by atoms with Crippen LogP contribution >= 0.6 is 0 Å². The molecule has 1 aromatic carbocycles. The Bertz CT molecular complexity index is 699. The number of benzene rings is 1. The summed E-state index contributed by atoms with van der Waals surface area (Å²) in [7, 11) is 0. The third-order valence-electron chi connectivity index (χ3n) is 4.36. The summed E-state index contributed by atoms with van der Waals surface area (Å²) in [6.45, 7) is 3.17. The zero-order valence-electron chi connectivity index (χ0n) is 13.4. The van der Waals surface area contributed by atoms with Crippen LogP contribution in [0.3, 0.4) is 0 Å². The number of nitrogens with one attached hydrogen (secondary N) is 1. The fourth-order valence-corrected chi connectivity index (χ4v) is 3.06. The van der Waals surface area contributed by atoms with Crippen molar-refractivity contribution in [3.8, 4) is 0 Å². The Morgan fingerprint density at radius 1 is 1.13 bits per heavy atom. The standard InChI is InChI=1S/C18H22N2O3/c1-13(17(21)20-10-6-2-3-7-11-20)23-18(22)15-12-19-16-9-5-4-8-14(15)16/h4-5,8-9,12-13,19H,2-3,6-7,10-11H2,1H3/t13-/m1/s1. The van der Waals surface area contributed by atoms with Gasteiger partial charge in [0.2, 0.25) is 0 Å². The van der Waals surface area contributed by atoms with Crippen LogP contribution in [-0.4, -0.2) is 41.0 Å². The monoisotopic (exact) mass is 314 g/mol. The Kier molecular flexibility index (Phi) is 4.65. The average Bonchev–Trinajstić information content (AvgIpc) is 2.80. The number of amides is 1. The smallest absolute Gasteiger partial charge is 0.341 e. The summed E-state index contributed by atoms with van der Waals surface area (Å²) in [5.74, 6) is -0.557. The lowest BCUT2D eigenvalue weighted by atomic mass is 10.2. The molecule has 0 radical (unpaired) electrons. The molecule has 2 aromatic rings. The van der Waals surface area contributed by atoms with Crippen LogP contribution in [0.25, 0.3) is 10.9 Å². The van der Waals surface area contributed by atoms with Crippen LogP contribution in [0.5, 0.6) is 0 Å². The van der Waals surface area contributed by atoms with Gasteiger partial charge in [0.15, 0.2) is 6.10 Å². The molecular weight excluding hydrogens is 292 g/mol. The second-order valence-corrected chi connectivity index (χ2v) is 6.03. The molecule has 1 atom stereocenters. The molecule has 2 heterocycles. The van der Waals surface area contributed by atoms with Crippen molar-refractivity contribution in [2.45, 2.75) is 38.7 Å². The van der Waals surface area contributed by atoms with Crippen LogP contribution in [-0.2, 0) is 9.53 Å². The van der Waals surface area contributed by atoms with E-state index < -0.39 is 12.1 Å². The highest BCUT2D eigenvalue weighted by molar-refractivity contribution is 6.04. The van der Waals surface area contributed by atoms with Gasteiger partial charge in [-0.2, -0.15) is 0 Å². The second kappa shape index (κ2) is 6.86. The van der Waals surface area contributed by atoms with Gasteiger partial charge >= 0.3 is 5.97 Å². The summed E-state index contributed by atoms with van der Waals surface area (Å²) in [5.41, 5.74) is 1.35. The van der Waals surface area contributed by atoms with Crippen molar-refractivity contribution in [1.29, 1.82) is 0 Å². The number of fused-ring (bicyclic) bond motifs is 1. The normalized spacial score (nSPS) is 16.8. The number of carbonyl (C=O) groups is 2. The minimum atomic E-state index is -0.755. The number of hydrogen-bond donors (Lipinski definition) is 1. The third kappa shape index (κ3) is 3.38. The van der Waals surface area contributed by atoms with Gasteiger partial charge in [0, 0.05) is 30.2 Å². The van der Waals surface area contributed by atoms with Crippen LogP contribution in [0.2, 0.25) is 0 Å². The topological polar surface area (TPSA) is 62.4 Å². The van der Waals surface area contributed by atoms with Crippen molar-refractivity contribution in [2.75, 3.05) is 13.1 Å². The van der Waals surface area contributed by atoms with Crippen molar-refractivity contribution in [1.82, 2.24) is 9.88 Å². The summed E-state index contributed by atoms with van der Waals surface area (Å²) >= 11 is 0. The fourth-order valence-electron chi connectivity index (χ4n) is 3.06. The Balaban J connectivity index is 1.68. The number of carbonyl (C=O) groups excluding carboxylic acids is 2. The predicted molar refractivity (Wildman–Crippen MR) is 88.2 cm³/mol. The minimum Gasteiger partial charge on any atom is -0.449 e. The van der Waals surface area contributed by atoms with Gasteiger partial charge in [0.25, 0.3) is 5.91 Å². The van der Waals surface area contributed by atoms with Crippen molar-refractivity contribution in [2.24, 2.45) is 0 Å². The van der Waals surface area contributed by atoms with Crippen LogP contribution in [0.15, 0.2) is 30.5 Å². The minimum absolute atomic E-state index is 0.0971. The molecule has 0 unspecified atom stereocenters. The summed E-state index contributed by atoms with van der Waals surface area (Å²) in [6, 6.07) is 7.54. The Morgan fingerprint density at radius 3 is 2.57 bits per heavy atom. The summed E-state index contributed by atoms with van der Waals surface area (Å²) in [4.78, 5) is 29.7. The lowest BCUT2D eigenvalue weighted by Gasteiger charge is -2.23. The van der Waals surface area contributed by atoms with Gasteiger partial charge in [-0.25, -0.2) is 4.79 Å². The molecule has 122 valence electrons. The molecule has 1 aromatic heterocycles. The second-order valence-electron chi connectivity index (χ2n) is 6.03. The lowest BCUT2D eigenvalue weighted by molar-refractivity contribution is -0.139. The first-order valence-corrected chi connectivity index (χ1v) is 8.22. The van der Waals surface area contributed by atoms with Gasteiger partial charge in [-0.05, 0) is 25.8 Å². The van der Waals surface area contributed by atoms with E-state index in [9.17, 15) is 9.59 Å². The number of aromatic amines is 1. The van der Waals surface area contributed by atoms with Gasteiger partial charge in [0.05, 0.1) is 5.56 Å². The van der Waals surface area contributed by atoms with Gasteiger partial charge in [-0.15, -0.1) is 0 Å². The van der Waals surface area contributed by atoms with Crippen LogP contribution in [0.1, 0.15) is 43.0 Å². The van der Waals surface area contributed by atoms with Crippen LogP contribution in [0, 0.1) is 0 Å². The molecule has 1 amide bonds. The summed E-state index contributed by atoms with van der Waals surface area (Å²) < 4.78 is 5.41. The van der Waals surface area contributed by atoms with Crippen molar-refractivity contribution < 1.29 is 14.3 Å². The number of para-hydroxylation sites is 1. The number of H-pyrrole nitrogens is 1. The molecule has 1 saturated heterocycles. The number of rotatable bonds is 3. The van der Waals surface area contributed by atoms with Crippen molar-refractivity contribution >= 4 is 22.8 Å². The molecule has 1 aliphatic heterocycles. The molecule has 0 spiro atoms. The van der Waals surface area contributed by atoms with E-state index in [0.717, 1.165) is 49.7 Å². The van der Waals surface area contributed by atoms with E-state index in [1.165, 1.54) is 0 Å². The summed E-state index contributed by atoms with van der Waals surface area (Å²) in [6.07, 6.45) is 5.25. The van der Waals surface area contributed by atoms with E-state index in [1.54, 1.807) is 13.1 Å². The number of likely N-dealkylation sites (tertiary alicyclic amines) is 1. The SMILES string of the molecule is C[C@@H](OC(=O)c1c[nH]c2ccccc12)C(=O)N1CCCCCC1. The lowest BCUT2D eigenvalue weighted by Crippen LogP contribution is -2.40. The van der Waals surface area contributed by atoms with Crippen molar-refractivity contribution in [3.05, 3.63) is 36.0 Å². The first-order valence-electron chi connectivity index (χ1n) is 8.22. The van der Waals surface area contributed by atoms with Gasteiger partial charge in [0.1, 0.15) is 0 Å². The highest BCUT2D eigenvalue weighted by Crippen LogP contribution is 2.19. The first-order chi connectivity index (χ1) is 11.2. The zero-order chi connectivity index (χ0) is 16.2. The van der Waals surface area contributed by atoms with E-state index in [4.69, 9.17) is 4.74 Å². The molecule has 0 saturated carbocycles. The van der Waals surface area contributed by atoms with E-state index in [0.29, 0.717) is 5.56 Å². The van der Waals surface area contributed by atoms with E-state index in [2.05, 4.69) is 4.98 Å². The Morgan fingerprint density at radius 2 is 1.83 bits per heavy atom. The first kappa shape index (κ1) is 15.6. The number of hydrogen-bond acceptors (Lipinski definition) is 3. The molecule has 5 nitrogen and oxygen atoms in total. The van der Waals surface area contributed by atoms with E-state index in [-0.39, 0.29) is 5.91 Å².